The molecule has 0 bridgehead atoms. The maximum atomic E-state index is 5.01. The number of hydrogen-bond acceptors (Lipinski definition) is 4. The van der Waals surface area contributed by atoms with E-state index in [0.717, 1.165) is 11.5 Å². The van der Waals surface area contributed by atoms with Crippen molar-refractivity contribution in [2.45, 2.75) is 80.1 Å². The minimum absolute atomic E-state index is 0.520. The molecule has 0 radical (unpaired) electrons. The summed E-state index contributed by atoms with van der Waals surface area (Å²) < 4.78 is 8.86. The summed E-state index contributed by atoms with van der Waals surface area (Å²) in [7, 11) is 3.96. The van der Waals surface area contributed by atoms with Crippen LogP contribution in [0, 0.1) is 20.8 Å². The van der Waals surface area contributed by atoms with Gasteiger partial charge in [-0.15, -0.1) is 0 Å². The van der Waals surface area contributed by atoms with Crippen molar-refractivity contribution in [1.29, 1.82) is 0 Å². The fraction of sp³-hybridized carbons (Fsp3) is 0.609. The quantitative estimate of drug-likeness (QED) is 0.555. The molecule has 162 valence electrons. The zero-order chi connectivity index (χ0) is 22.3. The van der Waals surface area contributed by atoms with Crippen molar-refractivity contribution in [2.75, 3.05) is 0 Å². The van der Waals surface area contributed by atoms with Gasteiger partial charge in [0.1, 0.15) is 5.76 Å². The number of hydrogen-bond donors (Lipinski definition) is 0. The van der Waals surface area contributed by atoms with Crippen LogP contribution in [0.3, 0.4) is 0 Å². The van der Waals surface area contributed by atoms with E-state index in [2.05, 4.69) is 63.8 Å². The molecule has 3 heterocycles. The molecule has 0 N–H and O–H groups in total. The second-order valence-electron chi connectivity index (χ2n) is 8.42. The normalized spacial score (nSPS) is 10.8. The van der Waals surface area contributed by atoms with Crippen LogP contribution in [0.25, 0.3) is 0 Å². The minimum atomic E-state index is 0.520. The second-order valence-corrected chi connectivity index (χ2v) is 8.42. The van der Waals surface area contributed by atoms with E-state index in [1.807, 2.05) is 55.8 Å². The molecule has 0 saturated carbocycles. The SMILES string of the molecule is CC(C)c1ccnn1C.Cc1cnn(C)c1C(C)C.Cc1noc(C)c1C(C)C. The smallest absolute Gasteiger partial charge is 0.137 e. The van der Waals surface area contributed by atoms with Crippen LogP contribution in [0.1, 0.15) is 93.3 Å². The highest BCUT2D eigenvalue weighted by atomic mass is 16.5. The van der Waals surface area contributed by atoms with Crippen LogP contribution in [0.15, 0.2) is 23.0 Å². The van der Waals surface area contributed by atoms with Crippen LogP contribution in [0.4, 0.5) is 0 Å². The van der Waals surface area contributed by atoms with Gasteiger partial charge in [-0.1, -0.05) is 46.7 Å². The molecular weight excluding hydrogens is 362 g/mol. The Morgan fingerprint density at radius 3 is 1.66 bits per heavy atom. The van der Waals surface area contributed by atoms with Gasteiger partial charge in [0, 0.05) is 37.2 Å². The fourth-order valence-electron chi connectivity index (χ4n) is 3.65. The Morgan fingerprint density at radius 2 is 1.45 bits per heavy atom. The van der Waals surface area contributed by atoms with Crippen molar-refractivity contribution in [1.82, 2.24) is 24.7 Å². The Labute approximate surface area is 176 Å². The minimum Gasteiger partial charge on any atom is -0.361 e. The maximum absolute atomic E-state index is 5.01. The maximum Gasteiger partial charge on any atom is 0.137 e. The molecule has 0 saturated heterocycles. The Morgan fingerprint density at radius 1 is 0.828 bits per heavy atom. The molecule has 6 heteroatoms. The van der Waals surface area contributed by atoms with Gasteiger partial charge in [0.25, 0.3) is 0 Å². The van der Waals surface area contributed by atoms with Crippen LogP contribution in [0.5, 0.6) is 0 Å². The summed E-state index contributed by atoms with van der Waals surface area (Å²) in [4.78, 5) is 0. The zero-order valence-electron chi connectivity index (χ0n) is 20.1. The van der Waals surface area contributed by atoms with Gasteiger partial charge in [-0.25, -0.2) is 0 Å². The van der Waals surface area contributed by atoms with Crippen LogP contribution in [-0.2, 0) is 14.1 Å². The van der Waals surface area contributed by atoms with Crippen molar-refractivity contribution in [3.8, 4) is 0 Å². The molecule has 29 heavy (non-hydrogen) atoms. The van der Waals surface area contributed by atoms with Gasteiger partial charge in [0.05, 0.1) is 11.9 Å². The van der Waals surface area contributed by atoms with E-state index in [9.17, 15) is 0 Å². The molecule has 3 aromatic rings. The standard InChI is InChI=1S/C8H14N2.C8H13NO.C7H12N2/c1-6(2)8-7(3)5-9-10(8)4;1-5(2)8-6(3)9-10-7(8)4;1-6(2)7-4-5-8-9(7)3/h5-6H,1-4H3;5H,1-4H3;4-6H,1-3H3. The molecule has 0 fully saturated rings. The van der Waals surface area contributed by atoms with Crippen LogP contribution in [-0.4, -0.2) is 24.7 Å². The van der Waals surface area contributed by atoms with Crippen LogP contribution >= 0.6 is 0 Å². The molecule has 6 nitrogen and oxygen atoms in total. The monoisotopic (exact) mass is 401 g/mol. The summed E-state index contributed by atoms with van der Waals surface area (Å²) >= 11 is 0. The largest absolute Gasteiger partial charge is 0.361 e. The molecule has 0 spiro atoms. The van der Waals surface area contributed by atoms with E-state index in [1.54, 1.807) is 0 Å². The predicted molar refractivity (Wildman–Crippen MR) is 119 cm³/mol. The van der Waals surface area contributed by atoms with Gasteiger partial charge < -0.3 is 4.52 Å². The molecule has 3 rings (SSSR count). The Kier molecular flexibility index (Phi) is 9.34. The molecule has 0 aliphatic carbocycles. The average molecular weight is 402 g/mol. The molecule has 0 amide bonds. The van der Waals surface area contributed by atoms with Gasteiger partial charge in [0.2, 0.25) is 0 Å². The molecular formula is C23H39N5O. The Bertz CT molecular complexity index is 779. The first-order chi connectivity index (χ1) is 13.5. The van der Waals surface area contributed by atoms with Gasteiger partial charge in [-0.05, 0) is 50.2 Å². The van der Waals surface area contributed by atoms with Gasteiger partial charge in [0.15, 0.2) is 0 Å². The number of aryl methyl sites for hydroxylation is 5. The summed E-state index contributed by atoms with van der Waals surface area (Å²) in [6.45, 7) is 19.0. The summed E-state index contributed by atoms with van der Waals surface area (Å²) in [6, 6.07) is 2.05. The first kappa shape index (κ1) is 24.7. The Hall–Kier alpha value is -2.37. The van der Waals surface area contributed by atoms with Crippen molar-refractivity contribution in [3.63, 3.8) is 0 Å². The first-order valence-corrected chi connectivity index (χ1v) is 10.4. The van der Waals surface area contributed by atoms with E-state index in [-0.39, 0.29) is 0 Å². The van der Waals surface area contributed by atoms with Crippen molar-refractivity contribution in [2.24, 2.45) is 14.1 Å². The van der Waals surface area contributed by atoms with Crippen LogP contribution < -0.4 is 0 Å². The van der Waals surface area contributed by atoms with E-state index >= 15 is 0 Å². The molecule has 0 atom stereocenters. The van der Waals surface area contributed by atoms with Crippen molar-refractivity contribution in [3.05, 3.63) is 52.4 Å². The highest BCUT2D eigenvalue weighted by molar-refractivity contribution is 5.24. The first-order valence-electron chi connectivity index (χ1n) is 10.4. The van der Waals surface area contributed by atoms with Gasteiger partial charge in [-0.3, -0.25) is 9.36 Å². The third-order valence-corrected chi connectivity index (χ3v) is 4.84. The zero-order valence-corrected chi connectivity index (χ0v) is 20.1. The summed E-state index contributed by atoms with van der Waals surface area (Å²) in [5.41, 5.74) is 6.18. The molecule has 0 unspecified atom stereocenters. The van der Waals surface area contributed by atoms with E-state index in [1.165, 1.54) is 22.5 Å². The lowest BCUT2D eigenvalue weighted by Crippen LogP contribution is -2.00. The van der Waals surface area contributed by atoms with Gasteiger partial charge in [-0.2, -0.15) is 10.2 Å². The summed E-state index contributed by atoms with van der Waals surface area (Å²) in [6.07, 6.45) is 3.74. The topological polar surface area (TPSA) is 61.7 Å². The van der Waals surface area contributed by atoms with Gasteiger partial charge >= 0.3 is 0 Å². The second kappa shape index (κ2) is 11.0. The van der Waals surface area contributed by atoms with E-state index in [0.29, 0.717) is 17.8 Å². The lowest BCUT2D eigenvalue weighted by molar-refractivity contribution is 0.392. The highest BCUT2D eigenvalue weighted by Crippen LogP contribution is 2.21. The molecule has 0 aromatic carbocycles. The number of nitrogens with zero attached hydrogens (tertiary/aromatic N) is 5. The third-order valence-electron chi connectivity index (χ3n) is 4.84. The van der Waals surface area contributed by atoms with Crippen LogP contribution in [0.2, 0.25) is 0 Å². The Balaban J connectivity index is 0.000000218. The third kappa shape index (κ3) is 6.87. The number of rotatable bonds is 3. The average Bonchev–Trinajstić information content (AvgIpc) is 3.28. The number of aromatic nitrogens is 5. The van der Waals surface area contributed by atoms with E-state index in [4.69, 9.17) is 4.52 Å². The van der Waals surface area contributed by atoms with Crippen molar-refractivity contribution >= 4 is 0 Å². The lowest BCUT2D eigenvalue weighted by atomic mass is 10.0. The predicted octanol–water partition coefficient (Wildman–Crippen LogP) is 5.81. The fourth-order valence-corrected chi connectivity index (χ4v) is 3.65. The molecule has 0 aliphatic rings. The lowest BCUT2D eigenvalue weighted by Gasteiger charge is -2.05. The summed E-state index contributed by atoms with van der Waals surface area (Å²) in [5, 5.41) is 12.1. The molecule has 0 aliphatic heterocycles. The summed E-state index contributed by atoms with van der Waals surface area (Å²) in [5.74, 6) is 2.63. The highest BCUT2D eigenvalue weighted by Gasteiger charge is 2.11. The van der Waals surface area contributed by atoms with Crippen molar-refractivity contribution < 1.29 is 4.52 Å². The molecule has 3 aromatic heterocycles. The van der Waals surface area contributed by atoms with E-state index < -0.39 is 0 Å².